The molecule has 5 nitrogen and oxygen atoms in total. The van der Waals surface area contributed by atoms with E-state index in [0.29, 0.717) is 24.2 Å². The van der Waals surface area contributed by atoms with Crippen LogP contribution in [-0.2, 0) is 6.42 Å². The number of carbonyl (C=O) groups is 2. The molecule has 0 aromatic heterocycles. The largest absolute Gasteiger partial charge is 0.334 e. The molecule has 27 heavy (non-hydrogen) atoms. The van der Waals surface area contributed by atoms with Gasteiger partial charge in [-0.15, -0.1) is 0 Å². The minimum atomic E-state index is -0.311. The molecule has 0 saturated carbocycles. The Bertz CT molecular complexity index is 825. The summed E-state index contributed by atoms with van der Waals surface area (Å²) in [4.78, 5) is 23.9. The lowest BCUT2D eigenvalue weighted by atomic mass is 9.87. The first-order valence-corrected chi connectivity index (χ1v) is 9.15. The summed E-state index contributed by atoms with van der Waals surface area (Å²) in [6.07, 6.45) is 1.62. The molecule has 3 rings (SSSR count). The van der Waals surface area contributed by atoms with Gasteiger partial charge in [-0.05, 0) is 62.1 Å². The first-order chi connectivity index (χ1) is 13.0. The number of amides is 2. The summed E-state index contributed by atoms with van der Waals surface area (Å²) in [5, 5.41) is 9.09. The monoisotopic (exact) mass is 369 g/mol. The van der Waals surface area contributed by atoms with Gasteiger partial charge in [-0.2, -0.15) is 0 Å². The highest BCUT2D eigenvalue weighted by molar-refractivity contribution is 5.96. The van der Waals surface area contributed by atoms with Crippen LogP contribution in [0, 0.1) is 11.7 Å². The van der Waals surface area contributed by atoms with Crippen molar-refractivity contribution in [3.05, 3.63) is 65.5 Å². The quantitative estimate of drug-likeness (QED) is 0.708. The standard InChI is InChI=1S/C21H24FN3O2/c1-14(26)16-5-3-7-19(12-16)24-21(27)25-20-13-23-9-8-17(20)10-15-4-2-6-18(22)11-15/h2-7,11-12,17,20,23H,8-10,13H2,1H3,(H2,24,25,27). The summed E-state index contributed by atoms with van der Waals surface area (Å²) in [6, 6.07) is 13.1. The highest BCUT2D eigenvalue weighted by atomic mass is 19.1. The predicted molar refractivity (Wildman–Crippen MR) is 103 cm³/mol. The molecule has 0 radical (unpaired) electrons. The zero-order valence-corrected chi connectivity index (χ0v) is 15.3. The van der Waals surface area contributed by atoms with E-state index in [-0.39, 0.29) is 29.6 Å². The molecule has 2 amide bonds. The molecule has 142 valence electrons. The average Bonchev–Trinajstić information content (AvgIpc) is 2.63. The number of halogens is 1. The number of hydrogen-bond donors (Lipinski definition) is 3. The number of carbonyl (C=O) groups excluding carboxylic acids is 2. The Labute approximate surface area is 158 Å². The molecule has 6 heteroatoms. The van der Waals surface area contributed by atoms with E-state index < -0.39 is 0 Å². The molecular weight excluding hydrogens is 345 g/mol. The molecule has 0 spiro atoms. The van der Waals surface area contributed by atoms with E-state index in [9.17, 15) is 14.0 Å². The lowest BCUT2D eigenvalue weighted by Gasteiger charge is -2.33. The zero-order chi connectivity index (χ0) is 19.2. The second kappa shape index (κ2) is 8.77. The van der Waals surface area contributed by atoms with Crippen LogP contribution in [0.1, 0.15) is 29.3 Å². The first kappa shape index (κ1) is 19.0. The van der Waals surface area contributed by atoms with Crippen LogP contribution in [0.4, 0.5) is 14.9 Å². The van der Waals surface area contributed by atoms with Gasteiger partial charge in [-0.3, -0.25) is 4.79 Å². The number of anilines is 1. The fraction of sp³-hybridized carbons (Fsp3) is 0.333. The van der Waals surface area contributed by atoms with Crippen LogP contribution in [0.3, 0.4) is 0 Å². The third kappa shape index (κ3) is 5.37. The molecule has 1 aliphatic rings. The van der Waals surface area contributed by atoms with E-state index in [2.05, 4.69) is 16.0 Å². The molecule has 0 bridgehead atoms. The van der Waals surface area contributed by atoms with Crippen LogP contribution in [0.2, 0.25) is 0 Å². The van der Waals surface area contributed by atoms with E-state index >= 15 is 0 Å². The lowest BCUT2D eigenvalue weighted by molar-refractivity contribution is 0.101. The number of hydrogen-bond acceptors (Lipinski definition) is 3. The molecule has 2 aromatic carbocycles. The van der Waals surface area contributed by atoms with Crippen LogP contribution in [-0.4, -0.2) is 30.9 Å². The zero-order valence-electron chi connectivity index (χ0n) is 15.3. The van der Waals surface area contributed by atoms with Gasteiger partial charge in [0.05, 0.1) is 0 Å². The van der Waals surface area contributed by atoms with Gasteiger partial charge in [-0.1, -0.05) is 24.3 Å². The topological polar surface area (TPSA) is 70.2 Å². The maximum Gasteiger partial charge on any atom is 0.319 e. The van der Waals surface area contributed by atoms with Gasteiger partial charge in [0.2, 0.25) is 0 Å². The number of rotatable bonds is 5. The number of nitrogens with one attached hydrogen (secondary N) is 3. The predicted octanol–water partition coefficient (Wildman–Crippen LogP) is 3.37. The summed E-state index contributed by atoms with van der Waals surface area (Å²) in [6.45, 7) is 3.03. The summed E-state index contributed by atoms with van der Waals surface area (Å²) in [5.41, 5.74) is 2.06. The van der Waals surface area contributed by atoms with Gasteiger partial charge in [0.1, 0.15) is 5.82 Å². The lowest BCUT2D eigenvalue weighted by Crippen LogP contribution is -2.52. The summed E-state index contributed by atoms with van der Waals surface area (Å²) >= 11 is 0. The third-order valence-corrected chi connectivity index (χ3v) is 4.86. The SMILES string of the molecule is CC(=O)c1cccc(NC(=O)NC2CNCCC2Cc2cccc(F)c2)c1. The molecule has 2 aromatic rings. The van der Waals surface area contributed by atoms with Gasteiger partial charge >= 0.3 is 6.03 Å². The van der Waals surface area contributed by atoms with Crippen LogP contribution in [0.5, 0.6) is 0 Å². The van der Waals surface area contributed by atoms with Gasteiger partial charge in [0.25, 0.3) is 0 Å². The number of urea groups is 1. The number of ketones is 1. The van der Waals surface area contributed by atoms with Crippen molar-refractivity contribution in [1.29, 1.82) is 0 Å². The van der Waals surface area contributed by atoms with Crippen molar-refractivity contribution in [3.8, 4) is 0 Å². The van der Waals surface area contributed by atoms with Crippen LogP contribution < -0.4 is 16.0 Å². The van der Waals surface area contributed by atoms with Gasteiger partial charge < -0.3 is 16.0 Å². The molecule has 1 saturated heterocycles. The normalized spacial score (nSPS) is 19.3. The fourth-order valence-corrected chi connectivity index (χ4v) is 3.44. The van der Waals surface area contributed by atoms with E-state index in [4.69, 9.17) is 0 Å². The van der Waals surface area contributed by atoms with E-state index in [1.807, 2.05) is 6.07 Å². The van der Waals surface area contributed by atoms with Gasteiger partial charge in [0, 0.05) is 23.8 Å². The van der Waals surface area contributed by atoms with Crippen molar-refractivity contribution in [2.45, 2.75) is 25.8 Å². The van der Waals surface area contributed by atoms with Crippen molar-refractivity contribution in [2.24, 2.45) is 5.92 Å². The molecule has 0 aliphatic carbocycles. The summed E-state index contributed by atoms with van der Waals surface area (Å²) < 4.78 is 13.4. The highest BCUT2D eigenvalue weighted by Crippen LogP contribution is 2.20. The second-order valence-electron chi connectivity index (χ2n) is 6.93. The molecule has 2 unspecified atom stereocenters. The van der Waals surface area contributed by atoms with Crippen molar-refractivity contribution in [1.82, 2.24) is 10.6 Å². The van der Waals surface area contributed by atoms with E-state index in [1.165, 1.54) is 13.0 Å². The molecule has 1 fully saturated rings. The third-order valence-electron chi connectivity index (χ3n) is 4.86. The summed E-state index contributed by atoms with van der Waals surface area (Å²) in [7, 11) is 0. The highest BCUT2D eigenvalue weighted by Gasteiger charge is 2.26. The number of benzene rings is 2. The fourth-order valence-electron chi connectivity index (χ4n) is 3.44. The Kier molecular flexibility index (Phi) is 6.19. The van der Waals surface area contributed by atoms with Crippen LogP contribution in [0.25, 0.3) is 0 Å². The van der Waals surface area contributed by atoms with Gasteiger partial charge in [-0.25, -0.2) is 9.18 Å². The van der Waals surface area contributed by atoms with Crippen molar-refractivity contribution < 1.29 is 14.0 Å². The van der Waals surface area contributed by atoms with Crippen LogP contribution in [0.15, 0.2) is 48.5 Å². The van der Waals surface area contributed by atoms with Crippen molar-refractivity contribution in [2.75, 3.05) is 18.4 Å². The van der Waals surface area contributed by atoms with E-state index in [0.717, 1.165) is 18.5 Å². The Hall–Kier alpha value is -2.73. The first-order valence-electron chi connectivity index (χ1n) is 9.15. The average molecular weight is 369 g/mol. The Morgan fingerprint density at radius 3 is 2.78 bits per heavy atom. The Morgan fingerprint density at radius 2 is 2.00 bits per heavy atom. The molecule has 3 N–H and O–H groups in total. The Morgan fingerprint density at radius 1 is 1.19 bits per heavy atom. The molecular formula is C21H24FN3O2. The number of Topliss-reactive ketones (excluding diaryl/α,β-unsaturated/α-hetero) is 1. The maximum absolute atomic E-state index is 13.4. The second-order valence-corrected chi connectivity index (χ2v) is 6.93. The minimum absolute atomic E-state index is 0.0503. The molecule has 1 aliphatic heterocycles. The summed E-state index contributed by atoms with van der Waals surface area (Å²) in [5.74, 6) is -0.0675. The van der Waals surface area contributed by atoms with Gasteiger partial charge in [0.15, 0.2) is 5.78 Å². The molecule has 1 heterocycles. The van der Waals surface area contributed by atoms with E-state index in [1.54, 1.807) is 36.4 Å². The maximum atomic E-state index is 13.4. The van der Waals surface area contributed by atoms with Crippen LogP contribution >= 0.6 is 0 Å². The van der Waals surface area contributed by atoms with Crippen molar-refractivity contribution in [3.63, 3.8) is 0 Å². The number of piperidine rings is 1. The molecule has 2 atom stereocenters. The van der Waals surface area contributed by atoms with Crippen molar-refractivity contribution >= 4 is 17.5 Å². The Balaban J connectivity index is 1.62. The smallest absolute Gasteiger partial charge is 0.319 e. The minimum Gasteiger partial charge on any atom is -0.334 e.